The topological polar surface area (TPSA) is 139 Å². The van der Waals surface area contributed by atoms with Gasteiger partial charge in [0.05, 0.1) is 41.5 Å². The van der Waals surface area contributed by atoms with Gasteiger partial charge in [-0.25, -0.2) is 0 Å². The molecular formula is C22H28MnN2O8+2. The molecule has 10 nitrogen and oxygen atoms in total. The van der Waals surface area contributed by atoms with Crippen molar-refractivity contribution in [2.45, 2.75) is 6.92 Å². The van der Waals surface area contributed by atoms with Gasteiger partial charge in [-0.2, -0.15) is 0 Å². The number of benzene rings is 2. The van der Waals surface area contributed by atoms with Gasteiger partial charge in [-0.15, -0.1) is 0 Å². The van der Waals surface area contributed by atoms with Crippen molar-refractivity contribution in [1.29, 1.82) is 0 Å². The summed E-state index contributed by atoms with van der Waals surface area (Å²) in [6.45, 7) is 1.86. The van der Waals surface area contributed by atoms with Crippen LogP contribution in [0.1, 0.15) is 18.1 Å². The van der Waals surface area contributed by atoms with Crippen LogP contribution in [-0.4, -0.2) is 75.2 Å². The molecule has 0 aliphatic heterocycles. The molecule has 0 saturated carbocycles. The number of carboxylic acid groups (broad SMARTS) is 1. The molecule has 0 atom stereocenters. The summed E-state index contributed by atoms with van der Waals surface area (Å²) in [4.78, 5) is 17.5. The van der Waals surface area contributed by atoms with Gasteiger partial charge in [0.25, 0.3) is 5.97 Å². The minimum Gasteiger partial charge on any atom is -0.504 e. The summed E-state index contributed by atoms with van der Waals surface area (Å²) in [5.41, 5.74) is 0.964. The normalized spacial score (nSPS) is 10.2. The first-order valence-corrected chi connectivity index (χ1v) is 9.36. The Morgan fingerprint density at radius 1 is 0.788 bits per heavy atom. The molecule has 2 aromatic carbocycles. The van der Waals surface area contributed by atoms with E-state index >= 15 is 0 Å². The minimum absolute atomic E-state index is 0. The Kier molecular flexibility index (Phi) is 13.8. The fraction of sp³-hybridized carbons (Fsp3) is 0.318. The molecule has 0 unspecified atom stereocenters. The van der Waals surface area contributed by atoms with Crippen LogP contribution in [0.3, 0.4) is 0 Å². The van der Waals surface area contributed by atoms with Crippen LogP contribution in [0.25, 0.3) is 0 Å². The predicted molar refractivity (Wildman–Crippen MR) is 121 cm³/mol. The van der Waals surface area contributed by atoms with E-state index < -0.39 is 5.97 Å². The Bertz CT molecular complexity index is 888. The van der Waals surface area contributed by atoms with Crippen LogP contribution in [0.5, 0.6) is 34.5 Å². The van der Waals surface area contributed by atoms with Gasteiger partial charge in [0.15, 0.2) is 23.0 Å². The zero-order valence-electron chi connectivity index (χ0n) is 19.0. The number of aliphatic carboxylic acids is 1. The molecule has 0 aromatic heterocycles. The van der Waals surface area contributed by atoms with Crippen LogP contribution in [0.2, 0.25) is 0 Å². The van der Waals surface area contributed by atoms with E-state index in [1.54, 1.807) is 24.3 Å². The van der Waals surface area contributed by atoms with Gasteiger partial charge >= 0.3 is 17.1 Å². The van der Waals surface area contributed by atoms with Crippen LogP contribution in [0.4, 0.5) is 0 Å². The maximum atomic E-state index is 10.1. The summed E-state index contributed by atoms with van der Waals surface area (Å²) in [6.07, 6.45) is 3.06. The summed E-state index contributed by atoms with van der Waals surface area (Å²) in [7, 11) is 6.00. The van der Waals surface area contributed by atoms with Gasteiger partial charge in [-0.05, 0) is 12.1 Å². The molecule has 3 N–H and O–H groups in total. The standard InChI is InChI=1S/C20H24N2O6.C2H4O2.Mn/c1-25-15-7-13(19(23)17(9-15)27-3)11-21-5-6-22-12-14-8-16(26-2)10-18(28-4)20(14)24;1-2(3)4;/h7-12,23-24H,5-6H2,1-4H3;1H3,(H,3,4);/q;;+2. The number of nitrogens with zero attached hydrogens (tertiary/aromatic N) is 2. The smallest absolute Gasteiger partial charge is 0.504 e. The predicted octanol–water partition coefficient (Wildman–Crippen LogP) is 2.76. The van der Waals surface area contributed by atoms with E-state index in [0.29, 0.717) is 47.2 Å². The van der Waals surface area contributed by atoms with Crippen LogP contribution in [0, 0.1) is 0 Å². The van der Waals surface area contributed by atoms with Gasteiger partial charge < -0.3 is 34.3 Å². The Morgan fingerprint density at radius 3 is 1.39 bits per heavy atom. The molecule has 33 heavy (non-hydrogen) atoms. The number of ether oxygens (including phenoxy) is 4. The molecule has 0 saturated heterocycles. The monoisotopic (exact) mass is 503 g/mol. The Morgan fingerprint density at radius 2 is 1.12 bits per heavy atom. The van der Waals surface area contributed by atoms with E-state index in [1.807, 2.05) is 0 Å². The van der Waals surface area contributed by atoms with Gasteiger partial charge in [-0.3, -0.25) is 14.8 Å². The molecule has 0 aliphatic carbocycles. The number of aromatic hydroxyl groups is 2. The van der Waals surface area contributed by atoms with Crippen molar-refractivity contribution in [3.63, 3.8) is 0 Å². The van der Waals surface area contributed by atoms with E-state index in [0.717, 1.165) is 6.92 Å². The van der Waals surface area contributed by atoms with Crippen molar-refractivity contribution in [3.8, 4) is 34.5 Å². The van der Waals surface area contributed by atoms with E-state index in [-0.39, 0.29) is 28.6 Å². The van der Waals surface area contributed by atoms with E-state index in [2.05, 4.69) is 9.98 Å². The summed E-state index contributed by atoms with van der Waals surface area (Å²) in [5.74, 6) is 0.864. The molecule has 0 bridgehead atoms. The Labute approximate surface area is 203 Å². The molecule has 0 spiro atoms. The van der Waals surface area contributed by atoms with Crippen molar-refractivity contribution in [1.82, 2.24) is 0 Å². The van der Waals surface area contributed by atoms with Crippen molar-refractivity contribution >= 4 is 18.4 Å². The zero-order chi connectivity index (χ0) is 24.1. The molecule has 11 heteroatoms. The van der Waals surface area contributed by atoms with Crippen molar-refractivity contribution in [3.05, 3.63) is 35.4 Å². The number of rotatable bonds is 9. The molecule has 0 amide bonds. The van der Waals surface area contributed by atoms with Gasteiger partial charge in [0.2, 0.25) is 0 Å². The second kappa shape index (κ2) is 15.4. The number of hydrogen-bond acceptors (Lipinski definition) is 9. The number of phenols is 2. The summed E-state index contributed by atoms with van der Waals surface area (Å²) >= 11 is 0. The quantitative estimate of drug-likeness (QED) is 0.270. The minimum atomic E-state index is -0.833. The van der Waals surface area contributed by atoms with Crippen LogP contribution in [0.15, 0.2) is 34.3 Å². The second-order valence-corrected chi connectivity index (χ2v) is 6.12. The zero-order valence-corrected chi connectivity index (χ0v) is 20.2. The summed E-state index contributed by atoms with van der Waals surface area (Å²) in [5, 5.41) is 27.7. The molecule has 1 radical (unpaired) electrons. The molecule has 2 aromatic rings. The average Bonchev–Trinajstić information content (AvgIpc) is 2.77. The number of methoxy groups -OCH3 is 4. The SMILES string of the molecule is CC(=O)O.COc1cc(C=NCCN=Cc2cc(OC)cc(OC)c2O)c(O)c(OC)c1.[Mn+2]. The Balaban J connectivity index is 0.00000189. The number of hydrogen-bond donors (Lipinski definition) is 3. The third kappa shape index (κ3) is 9.71. The first kappa shape index (κ1) is 29.6. The molecule has 2 rings (SSSR count). The van der Waals surface area contributed by atoms with Gasteiger partial charge in [-0.1, -0.05) is 0 Å². The summed E-state index contributed by atoms with van der Waals surface area (Å²) in [6, 6.07) is 6.49. The van der Waals surface area contributed by atoms with Gasteiger partial charge in [0, 0.05) is 42.6 Å². The van der Waals surface area contributed by atoms with Crippen LogP contribution < -0.4 is 18.9 Å². The first-order chi connectivity index (χ1) is 15.3. The second-order valence-electron chi connectivity index (χ2n) is 6.12. The van der Waals surface area contributed by atoms with E-state index in [9.17, 15) is 10.2 Å². The summed E-state index contributed by atoms with van der Waals surface area (Å²) < 4.78 is 20.6. The van der Waals surface area contributed by atoms with Crippen LogP contribution >= 0.6 is 0 Å². The Hall–Kier alpha value is -3.43. The van der Waals surface area contributed by atoms with E-state index in [4.69, 9.17) is 28.8 Å². The van der Waals surface area contributed by atoms with Crippen molar-refractivity contribution < 1.29 is 56.1 Å². The molecular weight excluding hydrogens is 475 g/mol. The fourth-order valence-corrected chi connectivity index (χ4v) is 2.39. The molecule has 0 fully saturated rings. The molecule has 179 valence electrons. The number of carboxylic acids is 1. The van der Waals surface area contributed by atoms with E-state index in [1.165, 1.54) is 40.9 Å². The number of aliphatic imine (C=N–C) groups is 2. The van der Waals surface area contributed by atoms with Gasteiger partial charge in [0.1, 0.15) is 11.5 Å². The molecule has 0 heterocycles. The van der Waals surface area contributed by atoms with Crippen LogP contribution in [-0.2, 0) is 21.9 Å². The largest absolute Gasteiger partial charge is 2.00 e. The number of phenolic OH excluding ortho intramolecular Hbond substituents is 2. The van der Waals surface area contributed by atoms with Crippen molar-refractivity contribution in [2.75, 3.05) is 41.5 Å². The fourth-order valence-electron chi connectivity index (χ4n) is 2.39. The maximum absolute atomic E-state index is 10.1. The maximum Gasteiger partial charge on any atom is 2.00 e. The van der Waals surface area contributed by atoms with Crippen molar-refractivity contribution in [2.24, 2.45) is 9.98 Å². The molecule has 0 aliphatic rings. The third-order valence-corrected chi connectivity index (χ3v) is 3.89. The average molecular weight is 503 g/mol. The number of carbonyl (C=O) groups is 1. The first-order valence-electron chi connectivity index (χ1n) is 9.36. The third-order valence-electron chi connectivity index (χ3n) is 3.89.